The number of nitrogen functional groups attached to an aromatic ring is 1. The molecule has 1 aliphatic heterocycles. The summed E-state index contributed by atoms with van der Waals surface area (Å²) in [5.74, 6) is 0. The molecule has 1 fully saturated rings. The van der Waals surface area contributed by atoms with Gasteiger partial charge in [0.2, 0.25) is 0 Å². The maximum Gasteiger partial charge on any atom is 0.0638 e. The van der Waals surface area contributed by atoms with Crippen molar-refractivity contribution in [1.29, 1.82) is 0 Å². The largest absolute Gasteiger partial charge is 0.397 e. The first kappa shape index (κ1) is 15.2. The zero-order chi connectivity index (χ0) is 15.7. The van der Waals surface area contributed by atoms with Gasteiger partial charge in [0.05, 0.1) is 17.1 Å². The van der Waals surface area contributed by atoms with Crippen molar-refractivity contribution in [2.24, 2.45) is 7.05 Å². The number of anilines is 2. The highest BCUT2D eigenvalue weighted by Crippen LogP contribution is 2.27. The summed E-state index contributed by atoms with van der Waals surface area (Å²) in [6.45, 7) is 7.03. The normalized spacial score (nSPS) is 16.2. The summed E-state index contributed by atoms with van der Waals surface area (Å²) >= 11 is 5.97. The predicted octanol–water partition coefficient (Wildman–Crippen LogP) is 2.29. The molecular weight excluding hydrogens is 298 g/mol. The van der Waals surface area contributed by atoms with Gasteiger partial charge in [0.1, 0.15) is 0 Å². The number of nitrogens with zero attached hydrogens (tertiary/aromatic N) is 4. The number of benzene rings is 1. The lowest BCUT2D eigenvalue weighted by atomic mass is 10.2. The maximum atomic E-state index is 6.08. The van der Waals surface area contributed by atoms with E-state index in [2.05, 4.69) is 28.0 Å². The van der Waals surface area contributed by atoms with Crippen LogP contribution < -0.4 is 10.6 Å². The number of piperazine rings is 1. The molecule has 5 nitrogen and oxygen atoms in total. The molecule has 2 aromatic rings. The monoisotopic (exact) mass is 319 g/mol. The Morgan fingerprint density at radius 1 is 1.23 bits per heavy atom. The molecule has 3 rings (SSSR count). The van der Waals surface area contributed by atoms with E-state index in [0.717, 1.165) is 49.8 Å². The summed E-state index contributed by atoms with van der Waals surface area (Å²) < 4.78 is 1.88. The molecule has 1 saturated heterocycles. The van der Waals surface area contributed by atoms with Gasteiger partial charge in [-0.25, -0.2) is 0 Å². The fourth-order valence-electron chi connectivity index (χ4n) is 3.01. The van der Waals surface area contributed by atoms with Crippen molar-refractivity contribution in [2.45, 2.75) is 13.5 Å². The third kappa shape index (κ3) is 3.20. The Balaban J connectivity index is 1.61. The summed E-state index contributed by atoms with van der Waals surface area (Å²) in [5, 5.41) is 5.10. The zero-order valence-electron chi connectivity index (χ0n) is 13.1. The van der Waals surface area contributed by atoms with Crippen LogP contribution in [0.5, 0.6) is 0 Å². The molecule has 0 atom stereocenters. The van der Waals surface area contributed by atoms with E-state index in [9.17, 15) is 0 Å². The first-order chi connectivity index (χ1) is 10.5. The van der Waals surface area contributed by atoms with E-state index in [1.165, 1.54) is 5.56 Å². The smallest absolute Gasteiger partial charge is 0.0638 e. The topological polar surface area (TPSA) is 50.3 Å². The first-order valence-electron chi connectivity index (χ1n) is 7.54. The molecule has 0 radical (unpaired) electrons. The van der Waals surface area contributed by atoms with Crippen LogP contribution in [-0.4, -0.2) is 40.9 Å². The average molecular weight is 320 g/mol. The van der Waals surface area contributed by atoms with E-state index in [1.807, 2.05) is 29.9 Å². The summed E-state index contributed by atoms with van der Waals surface area (Å²) in [6.07, 6.45) is 2.11. The van der Waals surface area contributed by atoms with Crippen molar-refractivity contribution in [3.63, 3.8) is 0 Å². The lowest BCUT2D eigenvalue weighted by Gasteiger charge is -2.36. The van der Waals surface area contributed by atoms with Gasteiger partial charge in [-0.3, -0.25) is 9.58 Å². The first-order valence-corrected chi connectivity index (χ1v) is 7.92. The van der Waals surface area contributed by atoms with E-state index < -0.39 is 0 Å². The van der Waals surface area contributed by atoms with Crippen LogP contribution in [0, 0.1) is 6.92 Å². The molecule has 2 heterocycles. The standard InChI is InChI=1S/C16H22ClN5/c1-12-13(10-20(2)19-12)11-21-5-7-22(8-6-21)16-4-3-14(17)9-15(16)18/h3-4,9-10H,5-8,11,18H2,1-2H3. The van der Waals surface area contributed by atoms with Crippen LogP contribution in [0.15, 0.2) is 24.4 Å². The summed E-state index contributed by atoms with van der Waals surface area (Å²) in [7, 11) is 1.97. The van der Waals surface area contributed by atoms with Gasteiger partial charge in [-0.2, -0.15) is 5.10 Å². The molecule has 0 aliphatic carbocycles. The van der Waals surface area contributed by atoms with E-state index in [4.69, 9.17) is 17.3 Å². The van der Waals surface area contributed by atoms with Crippen LogP contribution in [0.4, 0.5) is 11.4 Å². The van der Waals surface area contributed by atoms with Crippen molar-refractivity contribution in [1.82, 2.24) is 14.7 Å². The van der Waals surface area contributed by atoms with E-state index in [-0.39, 0.29) is 0 Å². The van der Waals surface area contributed by atoms with Gasteiger partial charge in [-0.05, 0) is 25.1 Å². The molecular formula is C16H22ClN5. The SMILES string of the molecule is Cc1nn(C)cc1CN1CCN(c2ccc(Cl)cc2N)CC1. The molecule has 6 heteroatoms. The molecule has 2 N–H and O–H groups in total. The number of aryl methyl sites for hydroxylation is 2. The number of hydrogen-bond donors (Lipinski definition) is 1. The van der Waals surface area contributed by atoms with Gasteiger partial charge >= 0.3 is 0 Å². The molecule has 1 aliphatic rings. The minimum Gasteiger partial charge on any atom is -0.397 e. The number of aromatic nitrogens is 2. The maximum absolute atomic E-state index is 6.08. The van der Waals surface area contributed by atoms with E-state index >= 15 is 0 Å². The van der Waals surface area contributed by atoms with Crippen molar-refractivity contribution >= 4 is 23.0 Å². The molecule has 0 unspecified atom stereocenters. The highest BCUT2D eigenvalue weighted by Gasteiger charge is 2.19. The van der Waals surface area contributed by atoms with Crippen LogP contribution in [-0.2, 0) is 13.6 Å². The fraction of sp³-hybridized carbons (Fsp3) is 0.438. The zero-order valence-corrected chi connectivity index (χ0v) is 13.8. The Bertz CT molecular complexity index is 659. The summed E-state index contributed by atoms with van der Waals surface area (Å²) in [5.41, 5.74) is 10.3. The quantitative estimate of drug-likeness (QED) is 0.882. The number of hydrogen-bond acceptors (Lipinski definition) is 4. The molecule has 0 bridgehead atoms. The number of rotatable bonds is 3. The van der Waals surface area contributed by atoms with Crippen LogP contribution >= 0.6 is 11.6 Å². The Hall–Kier alpha value is -1.72. The van der Waals surface area contributed by atoms with Crippen molar-refractivity contribution in [3.8, 4) is 0 Å². The van der Waals surface area contributed by atoms with Crippen LogP contribution in [0.1, 0.15) is 11.3 Å². The van der Waals surface area contributed by atoms with Crippen LogP contribution in [0.25, 0.3) is 0 Å². The molecule has 0 spiro atoms. The summed E-state index contributed by atoms with van der Waals surface area (Å²) in [6, 6.07) is 5.74. The highest BCUT2D eigenvalue weighted by atomic mass is 35.5. The lowest BCUT2D eigenvalue weighted by Crippen LogP contribution is -2.46. The van der Waals surface area contributed by atoms with E-state index in [0.29, 0.717) is 5.02 Å². The minimum atomic E-state index is 0.687. The Labute approximate surface area is 136 Å². The number of halogens is 1. The third-order valence-corrected chi connectivity index (χ3v) is 4.45. The number of nitrogens with two attached hydrogens (primary N) is 1. The Morgan fingerprint density at radius 2 is 1.95 bits per heavy atom. The van der Waals surface area contributed by atoms with Gasteiger partial charge in [-0.15, -0.1) is 0 Å². The molecule has 1 aromatic heterocycles. The summed E-state index contributed by atoms with van der Waals surface area (Å²) in [4.78, 5) is 4.80. The minimum absolute atomic E-state index is 0.687. The van der Waals surface area contributed by atoms with Crippen LogP contribution in [0.2, 0.25) is 5.02 Å². The molecule has 22 heavy (non-hydrogen) atoms. The highest BCUT2D eigenvalue weighted by molar-refractivity contribution is 6.31. The second-order valence-corrected chi connectivity index (χ2v) is 6.32. The second-order valence-electron chi connectivity index (χ2n) is 5.88. The Kier molecular flexibility index (Phi) is 4.27. The van der Waals surface area contributed by atoms with Gasteiger partial charge in [0, 0.05) is 56.6 Å². The van der Waals surface area contributed by atoms with Crippen molar-refractivity contribution < 1.29 is 0 Å². The average Bonchev–Trinajstić information content (AvgIpc) is 2.78. The van der Waals surface area contributed by atoms with Gasteiger partial charge in [0.25, 0.3) is 0 Å². The second kappa shape index (κ2) is 6.18. The Morgan fingerprint density at radius 3 is 2.55 bits per heavy atom. The van der Waals surface area contributed by atoms with Crippen molar-refractivity contribution in [3.05, 3.63) is 40.7 Å². The third-order valence-electron chi connectivity index (χ3n) is 4.21. The van der Waals surface area contributed by atoms with Gasteiger partial charge < -0.3 is 10.6 Å². The van der Waals surface area contributed by atoms with Gasteiger partial charge in [0.15, 0.2) is 0 Å². The van der Waals surface area contributed by atoms with Crippen LogP contribution in [0.3, 0.4) is 0 Å². The molecule has 0 saturated carbocycles. The molecule has 118 valence electrons. The molecule has 1 aromatic carbocycles. The lowest BCUT2D eigenvalue weighted by molar-refractivity contribution is 0.249. The van der Waals surface area contributed by atoms with Gasteiger partial charge in [-0.1, -0.05) is 11.6 Å². The van der Waals surface area contributed by atoms with Crippen molar-refractivity contribution in [2.75, 3.05) is 36.8 Å². The molecule has 0 amide bonds. The predicted molar refractivity (Wildman–Crippen MR) is 91.3 cm³/mol. The van der Waals surface area contributed by atoms with E-state index in [1.54, 1.807) is 0 Å². The fourth-order valence-corrected chi connectivity index (χ4v) is 3.19.